The van der Waals surface area contributed by atoms with Crippen LogP contribution in [0.2, 0.25) is 0 Å². The van der Waals surface area contributed by atoms with Gasteiger partial charge in [-0.2, -0.15) is 5.10 Å². The lowest BCUT2D eigenvalue weighted by Gasteiger charge is -2.17. The highest BCUT2D eigenvalue weighted by Crippen LogP contribution is 2.43. The molecule has 2 aromatic heterocycles. The predicted octanol–water partition coefficient (Wildman–Crippen LogP) is 5.38. The van der Waals surface area contributed by atoms with E-state index in [1.165, 1.54) is 17.1 Å². The Morgan fingerprint density at radius 1 is 1.05 bits per heavy atom. The molecule has 0 spiro atoms. The summed E-state index contributed by atoms with van der Waals surface area (Å²) < 4.78 is 79.0. The minimum absolute atomic E-state index is 0.111. The average molecular weight is 545 g/mol. The molecule has 198 valence electrons. The molecule has 0 bridgehead atoms. The fraction of sp³-hybridized carbons (Fsp3) is 0.192. The van der Waals surface area contributed by atoms with Gasteiger partial charge >= 0.3 is 6.09 Å². The number of carbonyl (C=O) groups is 1. The summed E-state index contributed by atoms with van der Waals surface area (Å²) in [5.74, 6) is -3.92. The predicted molar refractivity (Wildman–Crippen MR) is 133 cm³/mol. The highest BCUT2D eigenvalue weighted by atomic mass is 32.2. The maximum atomic E-state index is 15.6. The van der Waals surface area contributed by atoms with Crippen molar-refractivity contribution in [2.75, 3.05) is 0 Å². The third kappa shape index (κ3) is 5.25. The van der Waals surface area contributed by atoms with E-state index < -0.39 is 54.5 Å². The fourth-order valence-electron chi connectivity index (χ4n) is 3.78. The van der Waals surface area contributed by atoms with E-state index in [-0.39, 0.29) is 11.7 Å². The van der Waals surface area contributed by atoms with Gasteiger partial charge in [0.05, 0.1) is 5.56 Å². The van der Waals surface area contributed by atoms with E-state index in [9.17, 15) is 22.0 Å². The first-order chi connectivity index (χ1) is 18.0. The molecule has 1 amide bonds. The number of nitrogens with zero attached hydrogens (tertiary/aromatic N) is 3. The van der Waals surface area contributed by atoms with E-state index >= 15 is 4.39 Å². The van der Waals surface area contributed by atoms with Crippen LogP contribution in [0.5, 0.6) is 5.75 Å². The van der Waals surface area contributed by atoms with Gasteiger partial charge in [0, 0.05) is 36.7 Å². The summed E-state index contributed by atoms with van der Waals surface area (Å²) in [4.78, 5) is 14.5. The number of aromatic nitrogens is 3. The lowest BCUT2D eigenvalue weighted by atomic mass is 10.0. The van der Waals surface area contributed by atoms with Crippen molar-refractivity contribution in [2.24, 2.45) is 0 Å². The van der Waals surface area contributed by atoms with Crippen LogP contribution in [0.1, 0.15) is 20.8 Å². The Balaban J connectivity index is 2.08. The van der Waals surface area contributed by atoms with Gasteiger partial charge in [0.2, 0.25) is 9.84 Å². The lowest BCUT2D eigenvalue weighted by molar-refractivity contribution is 0.196. The summed E-state index contributed by atoms with van der Waals surface area (Å²) >= 11 is 0. The van der Waals surface area contributed by atoms with Crippen molar-refractivity contribution >= 4 is 15.9 Å². The first-order valence-electron chi connectivity index (χ1n) is 11.5. The molecule has 2 aromatic carbocycles. The van der Waals surface area contributed by atoms with Crippen LogP contribution in [0.25, 0.3) is 22.4 Å². The van der Waals surface area contributed by atoms with Crippen LogP contribution in [0.15, 0.2) is 70.8 Å². The molecule has 4 rings (SSSR count). The number of halogens is 3. The topological polar surface area (TPSA) is 103 Å². The molecule has 12 heteroatoms. The largest absolute Gasteiger partial charge is 0.412 e. The zero-order chi connectivity index (χ0) is 27.6. The minimum atomic E-state index is -5.02. The second kappa shape index (κ2) is 10.7. The number of amides is 1. The third-order valence-corrected chi connectivity index (χ3v) is 7.28. The average Bonchev–Trinajstić information content (AvgIpc) is 3.30. The summed E-state index contributed by atoms with van der Waals surface area (Å²) in [5.41, 5.74) is 0.203. The Kier molecular flexibility index (Phi) is 7.53. The Bertz CT molecular complexity index is 1610. The third-order valence-electron chi connectivity index (χ3n) is 5.45. The van der Waals surface area contributed by atoms with Gasteiger partial charge in [0.25, 0.3) is 0 Å². The van der Waals surface area contributed by atoms with Crippen molar-refractivity contribution < 1.29 is 31.1 Å². The maximum absolute atomic E-state index is 15.6. The van der Waals surface area contributed by atoms with Gasteiger partial charge < -0.3 is 10.1 Å². The Morgan fingerprint density at radius 3 is 2.39 bits per heavy atom. The van der Waals surface area contributed by atoms with Gasteiger partial charge in [-0.25, -0.2) is 26.4 Å². The molecule has 0 saturated heterocycles. The SMILES string of the molecule is CCn1cc(-c2ccncc2)c(-c2c(F)ccc(OC(=O)NC(C)C)c2S(=O)(=O)c2cc(F)ccc2F)n1. The van der Waals surface area contributed by atoms with Crippen LogP contribution in [-0.4, -0.2) is 35.3 Å². The fourth-order valence-corrected chi connectivity index (χ4v) is 5.43. The zero-order valence-corrected chi connectivity index (χ0v) is 21.4. The van der Waals surface area contributed by atoms with Gasteiger partial charge in [0.15, 0.2) is 5.75 Å². The lowest BCUT2D eigenvalue weighted by Crippen LogP contribution is -2.33. The second-order valence-electron chi connectivity index (χ2n) is 8.50. The van der Waals surface area contributed by atoms with E-state index in [2.05, 4.69) is 15.4 Å². The Labute approximate surface area is 217 Å². The Hall–Kier alpha value is -4.19. The van der Waals surface area contributed by atoms with Gasteiger partial charge in [-0.3, -0.25) is 9.67 Å². The molecule has 0 aliphatic carbocycles. The van der Waals surface area contributed by atoms with E-state index in [4.69, 9.17) is 4.74 Å². The second-order valence-corrected chi connectivity index (χ2v) is 10.4. The first-order valence-corrected chi connectivity index (χ1v) is 13.0. The smallest absolute Gasteiger partial charge is 0.409 e. The summed E-state index contributed by atoms with van der Waals surface area (Å²) in [6.07, 6.45) is 3.55. The molecule has 0 radical (unpaired) electrons. The van der Waals surface area contributed by atoms with Gasteiger partial charge in [0.1, 0.15) is 32.9 Å². The molecule has 0 aliphatic rings. The van der Waals surface area contributed by atoms with Crippen LogP contribution < -0.4 is 10.1 Å². The van der Waals surface area contributed by atoms with Crippen molar-refractivity contribution in [3.8, 4) is 28.1 Å². The van der Waals surface area contributed by atoms with Gasteiger partial charge in [-0.15, -0.1) is 0 Å². The van der Waals surface area contributed by atoms with E-state index in [0.717, 1.165) is 18.2 Å². The number of aryl methyl sites for hydroxylation is 1. The van der Waals surface area contributed by atoms with Crippen molar-refractivity contribution in [3.63, 3.8) is 0 Å². The summed E-state index contributed by atoms with van der Waals surface area (Å²) in [6, 6.07) is 6.58. The maximum Gasteiger partial charge on any atom is 0.412 e. The number of sulfone groups is 1. The molecule has 0 fully saturated rings. The van der Waals surface area contributed by atoms with E-state index in [1.807, 2.05) is 0 Å². The van der Waals surface area contributed by atoms with Gasteiger partial charge in [-0.1, -0.05) is 0 Å². The number of benzene rings is 2. The van der Waals surface area contributed by atoms with Crippen LogP contribution in [0.3, 0.4) is 0 Å². The number of hydrogen-bond acceptors (Lipinski definition) is 6. The molecule has 4 aromatic rings. The van der Waals surface area contributed by atoms with Crippen LogP contribution in [0.4, 0.5) is 18.0 Å². The highest BCUT2D eigenvalue weighted by molar-refractivity contribution is 7.91. The first kappa shape index (κ1) is 26.9. The number of nitrogens with one attached hydrogen (secondary N) is 1. The highest BCUT2D eigenvalue weighted by Gasteiger charge is 2.34. The number of hydrogen-bond donors (Lipinski definition) is 1. The van der Waals surface area contributed by atoms with Crippen LogP contribution in [-0.2, 0) is 16.4 Å². The molecule has 0 saturated carbocycles. The molecule has 0 atom stereocenters. The molecular weight excluding hydrogens is 521 g/mol. The summed E-state index contributed by atoms with van der Waals surface area (Å²) in [5, 5.41) is 6.82. The number of carbonyl (C=O) groups excluding carboxylic acids is 1. The molecule has 2 heterocycles. The molecule has 38 heavy (non-hydrogen) atoms. The monoisotopic (exact) mass is 544 g/mol. The summed E-state index contributed by atoms with van der Waals surface area (Å²) in [7, 11) is -5.02. The van der Waals surface area contributed by atoms with Crippen molar-refractivity contribution in [2.45, 2.75) is 43.1 Å². The zero-order valence-electron chi connectivity index (χ0n) is 20.6. The molecule has 0 aliphatic heterocycles. The van der Waals surface area contributed by atoms with Crippen molar-refractivity contribution in [3.05, 3.63) is 78.5 Å². The molecular formula is C26H23F3N4O4S. The molecule has 8 nitrogen and oxygen atoms in total. The minimum Gasteiger partial charge on any atom is -0.409 e. The standard InChI is InChI=1S/C26H23F3N4O4S/c1-4-33-14-18(16-9-11-30-12-10-16)24(32-33)23-20(29)7-8-21(37-26(34)31-15(2)3)25(23)38(35,36)22-13-17(27)5-6-19(22)28/h5-15H,4H2,1-3H3,(H,31,34). The number of rotatable bonds is 7. The van der Waals surface area contributed by atoms with Crippen LogP contribution >= 0.6 is 0 Å². The quantitative estimate of drug-likeness (QED) is 0.335. The van der Waals surface area contributed by atoms with Crippen LogP contribution in [0, 0.1) is 17.5 Å². The number of pyridine rings is 1. The summed E-state index contributed by atoms with van der Waals surface area (Å²) in [6.45, 7) is 5.43. The normalized spacial score (nSPS) is 11.6. The Morgan fingerprint density at radius 2 is 1.74 bits per heavy atom. The number of ether oxygens (including phenoxy) is 1. The van der Waals surface area contributed by atoms with Crippen molar-refractivity contribution in [1.29, 1.82) is 0 Å². The molecule has 0 unspecified atom stereocenters. The van der Waals surface area contributed by atoms with E-state index in [1.54, 1.807) is 39.1 Å². The van der Waals surface area contributed by atoms with Gasteiger partial charge in [-0.05, 0) is 68.8 Å². The molecule has 1 N–H and O–H groups in total. The van der Waals surface area contributed by atoms with Crippen molar-refractivity contribution in [1.82, 2.24) is 20.1 Å². The van der Waals surface area contributed by atoms with E-state index in [0.29, 0.717) is 29.8 Å².